The van der Waals surface area contributed by atoms with Gasteiger partial charge in [0.2, 0.25) is 0 Å². The molecule has 2 aliphatic heterocycles. The molecule has 0 aromatic carbocycles. The number of fused-ring (bicyclic) bond motifs is 2. The minimum atomic E-state index is -0.573. The topological polar surface area (TPSA) is 46.6 Å². The first-order valence-corrected chi connectivity index (χ1v) is 6.96. The molecule has 0 aliphatic carbocycles. The van der Waals surface area contributed by atoms with Crippen molar-refractivity contribution < 1.29 is 14.3 Å². The summed E-state index contributed by atoms with van der Waals surface area (Å²) < 4.78 is 5.09. The third kappa shape index (κ3) is 1.72. The molecule has 0 amide bonds. The Morgan fingerprint density at radius 1 is 1.71 bits per heavy atom. The van der Waals surface area contributed by atoms with Crippen molar-refractivity contribution >= 4 is 23.5 Å². The molecule has 2 aliphatic rings. The van der Waals surface area contributed by atoms with Crippen LogP contribution in [0.15, 0.2) is 12.2 Å². The van der Waals surface area contributed by atoms with E-state index >= 15 is 0 Å². The molecule has 0 radical (unpaired) electrons. The highest BCUT2D eigenvalue weighted by molar-refractivity contribution is 8.00. The number of ether oxygens (including phenoxy) is 1. The van der Waals surface area contributed by atoms with Crippen LogP contribution in [0.3, 0.4) is 0 Å². The molecule has 3 atom stereocenters. The fraction of sp³-hybridized carbons (Fsp3) is 0.667. The smallest absolute Gasteiger partial charge is 0.310 e. The lowest BCUT2D eigenvalue weighted by atomic mass is 10.0. The van der Waals surface area contributed by atoms with Gasteiger partial charge in [0, 0.05) is 6.04 Å². The summed E-state index contributed by atoms with van der Waals surface area (Å²) in [5.74, 6) is -0.342. The van der Waals surface area contributed by atoms with Gasteiger partial charge in [0.15, 0.2) is 5.78 Å². The molecule has 1 fully saturated rings. The predicted octanol–water partition coefficient (Wildman–Crippen LogP) is 1.07. The van der Waals surface area contributed by atoms with Crippen molar-refractivity contribution in [3.63, 3.8) is 0 Å². The molecule has 5 heteroatoms. The van der Waals surface area contributed by atoms with Crippen molar-refractivity contribution in [3.05, 3.63) is 12.2 Å². The average Bonchev–Trinajstić information content (AvgIpc) is 2.50. The first kappa shape index (κ1) is 12.6. The van der Waals surface area contributed by atoms with E-state index in [4.69, 9.17) is 4.74 Å². The second-order valence-electron chi connectivity index (χ2n) is 4.38. The van der Waals surface area contributed by atoms with Gasteiger partial charge in [-0.1, -0.05) is 6.08 Å². The Morgan fingerprint density at radius 2 is 2.41 bits per heavy atom. The largest absolute Gasteiger partial charge is 0.466 e. The number of ketones is 1. The Hall–Kier alpha value is -0.810. The van der Waals surface area contributed by atoms with E-state index in [0.717, 1.165) is 0 Å². The van der Waals surface area contributed by atoms with E-state index in [9.17, 15) is 9.59 Å². The third-order valence-corrected chi connectivity index (χ3v) is 5.01. The van der Waals surface area contributed by atoms with Gasteiger partial charge in [-0.15, -0.1) is 11.8 Å². The molecule has 17 heavy (non-hydrogen) atoms. The van der Waals surface area contributed by atoms with Gasteiger partial charge < -0.3 is 4.74 Å². The van der Waals surface area contributed by atoms with Gasteiger partial charge in [-0.3, -0.25) is 14.5 Å². The first-order valence-electron chi connectivity index (χ1n) is 5.74. The van der Waals surface area contributed by atoms with Crippen molar-refractivity contribution in [2.24, 2.45) is 5.92 Å². The molecular formula is C12H17NO3S. The minimum absolute atomic E-state index is 0.0146. The number of thioether (sulfide) groups is 1. The number of carbonyl (C=O) groups is 2. The van der Waals surface area contributed by atoms with Crippen LogP contribution < -0.4 is 0 Å². The van der Waals surface area contributed by atoms with Crippen molar-refractivity contribution in [1.82, 2.24) is 4.90 Å². The lowest BCUT2D eigenvalue weighted by Gasteiger charge is -2.36. The maximum absolute atomic E-state index is 12.0. The summed E-state index contributed by atoms with van der Waals surface area (Å²) in [4.78, 5) is 25.4. The molecule has 2 rings (SSSR count). The molecule has 0 aromatic rings. The Bertz CT molecular complexity index is 382. The Balaban J connectivity index is 2.30. The average molecular weight is 255 g/mol. The van der Waals surface area contributed by atoms with Gasteiger partial charge in [-0.25, -0.2) is 0 Å². The van der Waals surface area contributed by atoms with Crippen molar-refractivity contribution in [3.8, 4) is 0 Å². The molecule has 3 unspecified atom stereocenters. The molecule has 2 heterocycles. The normalized spacial score (nSPS) is 36.3. The van der Waals surface area contributed by atoms with E-state index in [-0.39, 0.29) is 23.7 Å². The van der Waals surface area contributed by atoms with Crippen LogP contribution in [0.4, 0.5) is 0 Å². The summed E-state index contributed by atoms with van der Waals surface area (Å²) in [5.41, 5.74) is 0. The summed E-state index contributed by atoms with van der Waals surface area (Å²) in [5, 5.41) is 0. The van der Waals surface area contributed by atoms with E-state index < -0.39 is 4.87 Å². The number of hydrogen-bond donors (Lipinski definition) is 0. The van der Waals surface area contributed by atoms with Crippen LogP contribution in [0, 0.1) is 5.92 Å². The zero-order valence-corrected chi connectivity index (χ0v) is 11.1. The third-order valence-electron chi connectivity index (χ3n) is 3.68. The predicted molar refractivity (Wildman–Crippen MR) is 66.7 cm³/mol. The Kier molecular flexibility index (Phi) is 3.32. The number of rotatable bonds is 3. The number of carbonyl (C=O) groups excluding carboxylic acids is 2. The van der Waals surface area contributed by atoms with Crippen LogP contribution in [0.2, 0.25) is 0 Å². The molecule has 0 spiro atoms. The SMILES string of the molecule is CCOC(=O)C1CC2(SC)C(=O)C=CC1N2C. The Morgan fingerprint density at radius 3 is 2.94 bits per heavy atom. The van der Waals surface area contributed by atoms with Gasteiger partial charge in [0.05, 0.1) is 12.5 Å². The highest BCUT2D eigenvalue weighted by Crippen LogP contribution is 2.47. The van der Waals surface area contributed by atoms with Crippen LogP contribution >= 0.6 is 11.8 Å². The molecule has 1 saturated heterocycles. The monoisotopic (exact) mass is 255 g/mol. The lowest BCUT2D eigenvalue weighted by molar-refractivity contribution is -0.148. The summed E-state index contributed by atoms with van der Waals surface area (Å²) in [7, 11) is 1.90. The van der Waals surface area contributed by atoms with E-state index in [0.29, 0.717) is 13.0 Å². The quantitative estimate of drug-likeness (QED) is 0.706. The van der Waals surface area contributed by atoms with Gasteiger partial charge in [0.1, 0.15) is 4.87 Å². The van der Waals surface area contributed by atoms with Crippen molar-refractivity contribution in [2.75, 3.05) is 19.9 Å². The molecule has 0 aromatic heterocycles. The summed E-state index contributed by atoms with van der Waals surface area (Å²) in [6, 6.07) is -0.0146. The summed E-state index contributed by atoms with van der Waals surface area (Å²) in [6.07, 6.45) is 5.89. The van der Waals surface area contributed by atoms with E-state index in [1.165, 1.54) is 11.8 Å². The summed E-state index contributed by atoms with van der Waals surface area (Å²) in [6.45, 7) is 2.18. The van der Waals surface area contributed by atoms with Crippen molar-refractivity contribution in [1.29, 1.82) is 0 Å². The van der Waals surface area contributed by atoms with Crippen LogP contribution in [0.1, 0.15) is 13.3 Å². The van der Waals surface area contributed by atoms with Crippen LogP contribution in [0.5, 0.6) is 0 Å². The molecule has 0 saturated carbocycles. The second-order valence-corrected chi connectivity index (χ2v) is 5.46. The van der Waals surface area contributed by atoms with Gasteiger partial charge in [-0.2, -0.15) is 0 Å². The van der Waals surface area contributed by atoms with Crippen LogP contribution in [0.25, 0.3) is 0 Å². The molecular weight excluding hydrogens is 238 g/mol. The summed E-state index contributed by atoms with van der Waals surface area (Å²) >= 11 is 1.51. The van der Waals surface area contributed by atoms with E-state index in [2.05, 4.69) is 0 Å². The fourth-order valence-electron chi connectivity index (χ4n) is 2.73. The number of esters is 1. The highest BCUT2D eigenvalue weighted by Gasteiger charge is 2.57. The minimum Gasteiger partial charge on any atom is -0.466 e. The van der Waals surface area contributed by atoms with Crippen molar-refractivity contribution in [2.45, 2.75) is 24.3 Å². The number of likely N-dealkylation sites (N-methyl/N-ethyl adjacent to an activating group) is 1. The van der Waals surface area contributed by atoms with Gasteiger partial charge >= 0.3 is 5.97 Å². The fourth-order valence-corrected chi connectivity index (χ4v) is 3.75. The highest BCUT2D eigenvalue weighted by atomic mass is 32.2. The van der Waals surface area contributed by atoms with E-state index in [1.54, 1.807) is 13.0 Å². The molecule has 4 nitrogen and oxygen atoms in total. The number of nitrogens with zero attached hydrogens (tertiary/aromatic N) is 1. The van der Waals surface area contributed by atoms with Gasteiger partial charge in [-0.05, 0) is 32.7 Å². The second kappa shape index (κ2) is 4.46. The maximum atomic E-state index is 12.0. The zero-order chi connectivity index (χ0) is 12.6. The van der Waals surface area contributed by atoms with E-state index in [1.807, 2.05) is 24.3 Å². The Labute approximate surface area is 105 Å². The number of hydrogen-bond acceptors (Lipinski definition) is 5. The zero-order valence-electron chi connectivity index (χ0n) is 10.3. The molecule has 2 bridgehead atoms. The van der Waals surface area contributed by atoms with Crippen LogP contribution in [-0.2, 0) is 14.3 Å². The molecule has 0 N–H and O–H groups in total. The first-order chi connectivity index (χ1) is 8.06. The molecule has 94 valence electrons. The standard InChI is InChI=1S/C12H17NO3S/c1-4-16-11(15)8-7-12(17-3)10(14)6-5-9(8)13(12)2/h5-6,8-9H,4,7H2,1-3H3. The van der Waals surface area contributed by atoms with Gasteiger partial charge in [0.25, 0.3) is 0 Å². The lowest BCUT2D eigenvalue weighted by Crippen LogP contribution is -2.49. The van der Waals surface area contributed by atoms with Crippen LogP contribution in [-0.4, -0.2) is 47.5 Å². The maximum Gasteiger partial charge on any atom is 0.310 e.